The Hall–Kier alpha value is -1.76. The summed E-state index contributed by atoms with van der Waals surface area (Å²) in [5, 5.41) is 2.17. The zero-order valence-corrected chi connectivity index (χ0v) is 10.2. The van der Waals surface area contributed by atoms with Crippen molar-refractivity contribution in [1.29, 1.82) is 0 Å². The first-order valence-corrected chi connectivity index (χ1v) is 5.85. The molecule has 0 radical (unpaired) electrons. The lowest BCUT2D eigenvalue weighted by molar-refractivity contribution is -0.149. The largest absolute Gasteiger partial charge is 0.331 e. The molecule has 2 rings (SSSR count). The van der Waals surface area contributed by atoms with Gasteiger partial charge in [0.15, 0.2) is 0 Å². The number of imide groups is 2. The lowest BCUT2D eigenvalue weighted by Gasteiger charge is -2.34. The molecule has 2 heterocycles. The maximum atomic E-state index is 12.0. The van der Waals surface area contributed by atoms with E-state index in [0.717, 1.165) is 9.78 Å². The molecule has 1 aromatic rings. The van der Waals surface area contributed by atoms with Gasteiger partial charge in [-0.25, -0.2) is 4.79 Å². The second-order valence-electron chi connectivity index (χ2n) is 4.24. The van der Waals surface area contributed by atoms with Crippen LogP contribution in [0, 0.1) is 5.41 Å². The summed E-state index contributed by atoms with van der Waals surface area (Å²) in [4.78, 5) is 40.8. The molecule has 1 fully saturated rings. The highest BCUT2D eigenvalue weighted by Crippen LogP contribution is 2.25. The van der Waals surface area contributed by atoms with Crippen molar-refractivity contribution in [1.82, 2.24) is 15.2 Å². The summed E-state index contributed by atoms with van der Waals surface area (Å²) in [6, 6.07) is -0.673. The molecule has 4 amide bonds. The quantitative estimate of drug-likeness (QED) is 0.789. The summed E-state index contributed by atoms with van der Waals surface area (Å²) in [6.45, 7) is 3.14. The molecule has 90 valence electrons. The molecule has 1 aliphatic heterocycles. The number of thiazole rings is 1. The minimum Gasteiger partial charge on any atom is -0.277 e. The zero-order valence-electron chi connectivity index (χ0n) is 9.39. The number of carbonyl (C=O) groups is 3. The van der Waals surface area contributed by atoms with Crippen molar-refractivity contribution in [2.75, 3.05) is 0 Å². The van der Waals surface area contributed by atoms with Gasteiger partial charge >= 0.3 is 6.03 Å². The molecule has 0 spiro atoms. The maximum absolute atomic E-state index is 12.0. The fraction of sp³-hybridized carbons (Fsp3) is 0.400. The van der Waals surface area contributed by atoms with Crippen LogP contribution < -0.4 is 5.32 Å². The van der Waals surface area contributed by atoms with Crippen molar-refractivity contribution in [2.45, 2.75) is 20.4 Å². The van der Waals surface area contributed by atoms with Crippen LogP contribution >= 0.6 is 11.3 Å². The first kappa shape index (κ1) is 11.7. The average Bonchev–Trinajstić information content (AvgIpc) is 2.75. The highest BCUT2D eigenvalue weighted by Gasteiger charge is 2.46. The average molecular weight is 253 g/mol. The van der Waals surface area contributed by atoms with Crippen LogP contribution in [0.2, 0.25) is 0 Å². The number of carbonyl (C=O) groups excluding carboxylic acids is 3. The number of hydrogen-bond donors (Lipinski definition) is 1. The zero-order chi connectivity index (χ0) is 12.6. The van der Waals surface area contributed by atoms with E-state index in [4.69, 9.17) is 0 Å². The number of nitrogens with zero attached hydrogens (tertiary/aromatic N) is 2. The van der Waals surface area contributed by atoms with Gasteiger partial charge in [-0.15, -0.1) is 11.3 Å². The van der Waals surface area contributed by atoms with Gasteiger partial charge in [0, 0.05) is 11.1 Å². The minimum atomic E-state index is -1.21. The molecule has 1 N–H and O–H groups in total. The van der Waals surface area contributed by atoms with Crippen LogP contribution in [0.3, 0.4) is 0 Å². The summed E-state index contributed by atoms with van der Waals surface area (Å²) in [7, 11) is 0. The van der Waals surface area contributed by atoms with Gasteiger partial charge in [-0.05, 0) is 13.8 Å². The van der Waals surface area contributed by atoms with Crippen LogP contribution in [0.15, 0.2) is 11.7 Å². The Kier molecular flexibility index (Phi) is 2.70. The van der Waals surface area contributed by atoms with Gasteiger partial charge in [0.25, 0.3) is 0 Å². The van der Waals surface area contributed by atoms with E-state index in [-0.39, 0.29) is 6.54 Å². The smallest absolute Gasteiger partial charge is 0.277 e. The van der Waals surface area contributed by atoms with Gasteiger partial charge in [-0.3, -0.25) is 24.8 Å². The van der Waals surface area contributed by atoms with E-state index in [9.17, 15) is 14.4 Å². The van der Waals surface area contributed by atoms with Gasteiger partial charge in [0.1, 0.15) is 5.41 Å². The number of barbiturate groups is 1. The minimum absolute atomic E-state index is 0.145. The Morgan fingerprint density at radius 3 is 2.71 bits per heavy atom. The molecule has 6 nitrogen and oxygen atoms in total. The van der Waals surface area contributed by atoms with Gasteiger partial charge in [0.05, 0.1) is 12.1 Å². The van der Waals surface area contributed by atoms with E-state index in [1.807, 2.05) is 0 Å². The monoisotopic (exact) mass is 253 g/mol. The number of urea groups is 1. The Labute approximate surface area is 102 Å². The standard InChI is InChI=1S/C10H11N3O3S/c1-10(2)7(14)12-9(16)13(8(10)15)4-6-3-11-5-17-6/h3,5H,4H2,1-2H3,(H,12,14,16). The molecule has 0 aliphatic carbocycles. The Morgan fingerprint density at radius 2 is 2.12 bits per heavy atom. The number of rotatable bonds is 2. The molecule has 0 bridgehead atoms. The topological polar surface area (TPSA) is 79.4 Å². The van der Waals surface area contributed by atoms with E-state index in [1.165, 1.54) is 25.2 Å². The van der Waals surface area contributed by atoms with Crippen molar-refractivity contribution in [3.8, 4) is 0 Å². The number of hydrogen-bond acceptors (Lipinski definition) is 5. The number of amides is 4. The third-order valence-electron chi connectivity index (χ3n) is 2.61. The summed E-state index contributed by atoms with van der Waals surface area (Å²) in [5.41, 5.74) is 0.413. The number of aromatic nitrogens is 1. The second kappa shape index (κ2) is 3.92. The first-order valence-electron chi connectivity index (χ1n) is 4.97. The fourth-order valence-corrected chi connectivity index (χ4v) is 2.05. The summed E-state index contributed by atoms with van der Waals surface area (Å²) in [5.74, 6) is -1.05. The summed E-state index contributed by atoms with van der Waals surface area (Å²) < 4.78 is 0. The highest BCUT2D eigenvalue weighted by atomic mass is 32.1. The van der Waals surface area contributed by atoms with Crippen molar-refractivity contribution in [2.24, 2.45) is 5.41 Å². The molecular formula is C10H11N3O3S. The van der Waals surface area contributed by atoms with Gasteiger partial charge in [0.2, 0.25) is 11.8 Å². The Morgan fingerprint density at radius 1 is 1.41 bits per heavy atom. The molecule has 0 atom stereocenters. The van der Waals surface area contributed by atoms with E-state index < -0.39 is 23.3 Å². The highest BCUT2D eigenvalue weighted by molar-refractivity contribution is 7.09. The molecule has 0 saturated carbocycles. The van der Waals surface area contributed by atoms with Gasteiger partial charge in [-0.2, -0.15) is 0 Å². The second-order valence-corrected chi connectivity index (χ2v) is 5.21. The SMILES string of the molecule is CC1(C)C(=O)NC(=O)N(Cc2cncs2)C1=O. The van der Waals surface area contributed by atoms with Gasteiger partial charge < -0.3 is 0 Å². The van der Waals surface area contributed by atoms with Crippen LogP contribution in [-0.4, -0.2) is 27.7 Å². The van der Waals surface area contributed by atoms with Gasteiger partial charge in [-0.1, -0.05) is 0 Å². The van der Waals surface area contributed by atoms with Crippen molar-refractivity contribution >= 4 is 29.2 Å². The normalized spacial score (nSPS) is 19.4. The molecule has 7 heteroatoms. The Bertz CT molecular complexity index is 481. The van der Waals surface area contributed by atoms with Crippen LogP contribution in [0.5, 0.6) is 0 Å². The van der Waals surface area contributed by atoms with Crippen LogP contribution in [0.1, 0.15) is 18.7 Å². The van der Waals surface area contributed by atoms with Crippen molar-refractivity contribution in [3.05, 3.63) is 16.6 Å². The fourth-order valence-electron chi connectivity index (χ4n) is 1.47. The summed E-state index contributed by atoms with van der Waals surface area (Å²) in [6.07, 6.45) is 1.59. The lowest BCUT2D eigenvalue weighted by Crippen LogP contribution is -2.61. The number of nitrogens with one attached hydrogen (secondary N) is 1. The molecule has 0 unspecified atom stereocenters. The van der Waals surface area contributed by atoms with Crippen molar-refractivity contribution < 1.29 is 14.4 Å². The van der Waals surface area contributed by atoms with E-state index in [1.54, 1.807) is 11.7 Å². The van der Waals surface area contributed by atoms with Crippen molar-refractivity contribution in [3.63, 3.8) is 0 Å². The van der Waals surface area contributed by atoms with E-state index in [2.05, 4.69) is 10.3 Å². The predicted octanol–water partition coefficient (Wildman–Crippen LogP) is 0.748. The molecule has 1 aromatic heterocycles. The summed E-state index contributed by atoms with van der Waals surface area (Å²) >= 11 is 1.35. The molecule has 17 heavy (non-hydrogen) atoms. The Balaban J connectivity index is 2.25. The molecule has 1 saturated heterocycles. The van der Waals surface area contributed by atoms with E-state index in [0.29, 0.717) is 0 Å². The predicted molar refractivity (Wildman–Crippen MR) is 60.0 cm³/mol. The van der Waals surface area contributed by atoms with E-state index >= 15 is 0 Å². The molecule has 0 aromatic carbocycles. The van der Waals surface area contributed by atoms with Crippen LogP contribution in [0.4, 0.5) is 4.79 Å². The van der Waals surface area contributed by atoms with Crippen LogP contribution in [-0.2, 0) is 16.1 Å². The molecule has 1 aliphatic rings. The first-order chi connectivity index (χ1) is 7.93. The maximum Gasteiger partial charge on any atom is 0.331 e. The third kappa shape index (κ3) is 1.93. The third-order valence-corrected chi connectivity index (χ3v) is 3.37. The lowest BCUT2D eigenvalue weighted by atomic mass is 9.89. The van der Waals surface area contributed by atoms with Crippen LogP contribution in [0.25, 0.3) is 0 Å². The molecular weight excluding hydrogens is 242 g/mol.